The Morgan fingerprint density at radius 2 is 1.81 bits per heavy atom. The minimum absolute atomic E-state index is 0.0485. The highest BCUT2D eigenvalue weighted by Crippen LogP contribution is 2.61. The molecule has 0 radical (unpaired) electrons. The molecule has 174 valence electrons. The lowest BCUT2D eigenvalue weighted by atomic mass is 10.1. The second-order valence-corrected chi connectivity index (χ2v) is 10.9. The Hall–Kier alpha value is -1.36. The van der Waals surface area contributed by atoms with E-state index in [0.29, 0.717) is 0 Å². The van der Waals surface area contributed by atoms with E-state index < -0.39 is 54.5 Å². The fraction of sp³-hybridized carbons (Fsp3) is 0.500. The van der Waals surface area contributed by atoms with Crippen LogP contribution < -0.4 is 10.6 Å². The average molecular weight is 506 g/mol. The molecule has 0 amide bonds. The van der Waals surface area contributed by atoms with Gasteiger partial charge in [-0.15, -0.1) is 4.86 Å². The van der Waals surface area contributed by atoms with Crippen molar-refractivity contribution >= 4 is 40.3 Å². The smallest absolute Gasteiger partial charge is 0.387 e. The maximum atomic E-state index is 11.8. The molecule has 0 aromatic carbocycles. The summed E-state index contributed by atoms with van der Waals surface area (Å²) in [5.41, 5.74) is 6.02. The molecule has 3 heterocycles. The predicted octanol–water partition coefficient (Wildman–Crippen LogP) is -2.06. The van der Waals surface area contributed by atoms with Crippen molar-refractivity contribution in [1.82, 2.24) is 24.4 Å². The summed E-state index contributed by atoms with van der Waals surface area (Å²) in [6.45, 7) is -0.928. The number of anilines is 1. The van der Waals surface area contributed by atoms with Gasteiger partial charge in [-0.3, -0.25) is 9.09 Å². The van der Waals surface area contributed by atoms with Gasteiger partial charge in [0.05, 0.1) is 12.9 Å². The first-order valence-electron chi connectivity index (χ1n) is 8.00. The molecule has 1 aliphatic rings. The summed E-state index contributed by atoms with van der Waals surface area (Å²) < 4.78 is 48.9. The van der Waals surface area contributed by atoms with E-state index in [1.165, 1.54) is 10.9 Å². The normalized spacial score (nSPS) is 28.5. The van der Waals surface area contributed by atoms with Gasteiger partial charge in [0, 0.05) is 0 Å². The number of hydrogen-bond donors (Lipinski definition) is 8. The largest absolute Gasteiger partial charge is 0.480 e. The van der Waals surface area contributed by atoms with Gasteiger partial charge in [-0.2, -0.15) is 4.31 Å². The van der Waals surface area contributed by atoms with Crippen LogP contribution in [0.4, 0.5) is 5.82 Å². The lowest BCUT2D eigenvalue weighted by Gasteiger charge is -2.19. The number of hydrogen-bond acceptors (Lipinski definition) is 12. The highest BCUT2D eigenvalue weighted by Gasteiger charge is 2.46. The highest BCUT2D eigenvalue weighted by atomic mass is 31.3. The van der Waals surface area contributed by atoms with E-state index in [-0.39, 0.29) is 17.0 Å². The first kappa shape index (κ1) is 24.3. The summed E-state index contributed by atoms with van der Waals surface area (Å²) in [5.74, 6) is 0.0485. The molecule has 2 aromatic rings. The maximum Gasteiger partial charge on any atom is 0.480 e. The van der Waals surface area contributed by atoms with Crippen molar-refractivity contribution in [3.8, 4) is 0 Å². The summed E-state index contributed by atoms with van der Waals surface area (Å²) in [7, 11) is -16.1. The molecular weight excluding hydrogens is 489 g/mol. The van der Waals surface area contributed by atoms with Crippen LogP contribution in [0.15, 0.2) is 12.7 Å². The number of nitrogens with one attached hydrogen (secondary N) is 1. The fourth-order valence-corrected chi connectivity index (χ4v) is 6.10. The number of phosphoric acid groups is 1. The zero-order valence-corrected chi connectivity index (χ0v) is 17.7. The van der Waals surface area contributed by atoms with Crippen LogP contribution in [-0.4, -0.2) is 74.2 Å². The molecule has 3 rings (SSSR count). The van der Waals surface area contributed by atoms with Gasteiger partial charge in [-0.1, -0.05) is 0 Å². The minimum atomic E-state index is -5.45. The summed E-state index contributed by atoms with van der Waals surface area (Å²) >= 11 is 0. The molecule has 0 spiro atoms. The summed E-state index contributed by atoms with van der Waals surface area (Å²) in [4.78, 5) is 48.5. The molecule has 1 saturated heterocycles. The van der Waals surface area contributed by atoms with E-state index in [4.69, 9.17) is 20.3 Å². The van der Waals surface area contributed by atoms with Gasteiger partial charge in [-0.25, -0.2) is 28.6 Å². The first-order valence-corrected chi connectivity index (χ1v) is 12.7. The molecule has 21 heteroatoms. The van der Waals surface area contributed by atoms with Crippen molar-refractivity contribution in [1.29, 1.82) is 0 Å². The Kier molecular flexibility index (Phi) is 6.68. The third-order valence-electron chi connectivity index (χ3n) is 3.87. The van der Waals surface area contributed by atoms with Gasteiger partial charge >= 0.3 is 23.3 Å². The van der Waals surface area contributed by atoms with Gasteiger partial charge in [0.25, 0.3) is 0 Å². The second kappa shape index (κ2) is 8.53. The molecule has 1 fully saturated rings. The molecule has 2 unspecified atom stereocenters. The number of fused-ring (bicyclic) bond motifs is 1. The maximum absolute atomic E-state index is 11.8. The van der Waals surface area contributed by atoms with Crippen LogP contribution in [0.25, 0.3) is 11.2 Å². The van der Waals surface area contributed by atoms with Gasteiger partial charge < -0.3 is 40.3 Å². The number of nitrogen functional groups attached to an aromatic ring is 1. The molecular formula is C10H17N6O12P3. The van der Waals surface area contributed by atoms with Crippen molar-refractivity contribution in [3.05, 3.63) is 12.7 Å². The fourth-order valence-electron chi connectivity index (χ4n) is 2.67. The van der Waals surface area contributed by atoms with Crippen LogP contribution in [0.5, 0.6) is 0 Å². The highest BCUT2D eigenvalue weighted by molar-refractivity contribution is 7.70. The van der Waals surface area contributed by atoms with Gasteiger partial charge in [0.15, 0.2) is 17.7 Å². The number of nitrogens with zero attached hydrogens (tertiary/aromatic N) is 4. The first-order chi connectivity index (χ1) is 14.2. The zero-order valence-electron chi connectivity index (χ0n) is 15.0. The van der Waals surface area contributed by atoms with E-state index in [2.05, 4.69) is 23.8 Å². The summed E-state index contributed by atoms with van der Waals surface area (Å²) in [6, 6.07) is 0. The summed E-state index contributed by atoms with van der Waals surface area (Å²) in [5, 5.41) is 20.4. The molecule has 18 nitrogen and oxygen atoms in total. The van der Waals surface area contributed by atoms with Crippen molar-refractivity contribution in [3.63, 3.8) is 0 Å². The van der Waals surface area contributed by atoms with E-state index in [9.17, 15) is 33.7 Å². The Balaban J connectivity index is 1.69. The van der Waals surface area contributed by atoms with E-state index in [1.807, 2.05) is 0 Å². The van der Waals surface area contributed by atoms with E-state index in [1.54, 1.807) is 0 Å². The van der Waals surface area contributed by atoms with Crippen molar-refractivity contribution in [2.75, 3.05) is 12.3 Å². The van der Waals surface area contributed by atoms with Crippen LogP contribution in [0, 0.1) is 0 Å². The Labute approximate surface area is 172 Å². The number of imidazole rings is 1. The Morgan fingerprint density at radius 3 is 2.45 bits per heavy atom. The standard InChI is InChI=1S/C10H17N6O12P3/c11-8-5-9(13-2-12-8)16(3-14-5)10-7(18)6(17)4(27-10)1-26-31(24,25)28-30(22,23)15-29(19,20)21/h2-4,6-7,10,17-18H,1H2,(H,24,25)(H2,11,12,13)(H4,15,19,20,21,22,23)/t4-,6+,7-,10-/m1/s1. The molecule has 9 N–H and O–H groups in total. The van der Waals surface area contributed by atoms with Crippen LogP contribution >= 0.6 is 23.3 Å². The van der Waals surface area contributed by atoms with Crippen LogP contribution in [0.2, 0.25) is 0 Å². The van der Waals surface area contributed by atoms with Gasteiger partial charge in [-0.05, 0) is 0 Å². The van der Waals surface area contributed by atoms with E-state index >= 15 is 0 Å². The number of nitrogens with two attached hydrogens (primary N) is 1. The van der Waals surface area contributed by atoms with Crippen LogP contribution in [0.1, 0.15) is 6.23 Å². The third-order valence-corrected chi connectivity index (χ3v) is 8.11. The van der Waals surface area contributed by atoms with Crippen LogP contribution in [0.3, 0.4) is 0 Å². The lowest BCUT2D eigenvalue weighted by Crippen LogP contribution is -2.33. The molecule has 0 aliphatic carbocycles. The molecule has 6 atom stereocenters. The van der Waals surface area contributed by atoms with E-state index in [0.717, 1.165) is 11.2 Å². The number of aliphatic hydroxyl groups excluding tert-OH is 2. The van der Waals surface area contributed by atoms with Crippen LogP contribution in [-0.2, 0) is 27.3 Å². The lowest BCUT2D eigenvalue weighted by molar-refractivity contribution is -0.0502. The molecule has 1 aliphatic heterocycles. The molecule has 0 bridgehead atoms. The van der Waals surface area contributed by atoms with Gasteiger partial charge in [0.1, 0.15) is 30.2 Å². The van der Waals surface area contributed by atoms with Crippen molar-refractivity contribution < 1.29 is 57.1 Å². The van der Waals surface area contributed by atoms with Crippen molar-refractivity contribution in [2.24, 2.45) is 0 Å². The number of aromatic nitrogens is 4. The topological polar surface area (TPSA) is 282 Å². The van der Waals surface area contributed by atoms with Gasteiger partial charge in [0.2, 0.25) is 0 Å². The van der Waals surface area contributed by atoms with Crippen molar-refractivity contribution in [2.45, 2.75) is 24.5 Å². The Bertz CT molecular complexity index is 1110. The zero-order chi connectivity index (χ0) is 23.2. The third kappa shape index (κ3) is 5.71. The molecule has 31 heavy (non-hydrogen) atoms. The number of ether oxygens (including phenoxy) is 1. The minimum Gasteiger partial charge on any atom is -0.387 e. The number of phosphoric ester groups is 1. The Morgan fingerprint density at radius 1 is 1.13 bits per heavy atom. The molecule has 2 aromatic heterocycles. The number of aliphatic hydroxyl groups is 2. The summed E-state index contributed by atoms with van der Waals surface area (Å²) in [6.07, 6.45) is -3.62. The quantitative estimate of drug-likeness (QED) is 0.179. The average Bonchev–Trinajstić information content (AvgIpc) is 3.13. The SMILES string of the molecule is Nc1ncnc2c1ncn2[C@@H]1O[C@H](COP(=O)(O)OP(=O)(O)NP(=O)(O)O)[C@H](O)[C@H]1O. The predicted molar refractivity (Wildman–Crippen MR) is 97.5 cm³/mol. The number of rotatable bonds is 8. The second-order valence-electron chi connectivity index (χ2n) is 6.14. The molecule has 0 saturated carbocycles. The monoisotopic (exact) mass is 506 g/mol.